The zero-order valence-corrected chi connectivity index (χ0v) is 13.8. The third kappa shape index (κ3) is 3.79. The number of nitrogens with two attached hydrogens (primary N) is 1. The highest BCUT2D eigenvalue weighted by Crippen LogP contribution is 2.13. The van der Waals surface area contributed by atoms with Gasteiger partial charge in [-0.1, -0.05) is 30.3 Å². The van der Waals surface area contributed by atoms with Gasteiger partial charge in [-0.05, 0) is 18.6 Å². The van der Waals surface area contributed by atoms with Gasteiger partial charge in [-0.15, -0.1) is 0 Å². The zero-order chi connectivity index (χ0) is 17.8. The monoisotopic (exact) mass is 340 g/mol. The topological polar surface area (TPSA) is 111 Å². The smallest absolute Gasteiger partial charge is 0.330 e. The van der Waals surface area contributed by atoms with Crippen molar-refractivity contribution in [3.05, 3.63) is 75.2 Å². The van der Waals surface area contributed by atoms with E-state index in [1.54, 1.807) is 10.9 Å². The molecule has 0 aliphatic heterocycles. The van der Waals surface area contributed by atoms with Crippen LogP contribution in [0, 0.1) is 0 Å². The lowest BCUT2D eigenvalue weighted by atomic mass is 10.2. The molecule has 1 aromatic carbocycles. The van der Waals surface area contributed by atoms with Gasteiger partial charge in [0, 0.05) is 18.4 Å². The molecule has 0 radical (unpaired) electrons. The van der Waals surface area contributed by atoms with Crippen LogP contribution in [0.15, 0.2) is 58.4 Å². The molecule has 0 fully saturated rings. The summed E-state index contributed by atoms with van der Waals surface area (Å²) >= 11 is 0. The average molecular weight is 340 g/mol. The molecule has 0 amide bonds. The summed E-state index contributed by atoms with van der Waals surface area (Å²) in [7, 11) is 0. The standard InChI is InChI=1S/C17H20N6O2/c1-12(10-22-9-5-8-19-22)20-14-15(18)23(17(25)21-16(14)24)11-13-6-3-2-4-7-13/h2-9,12,20H,10-11,18H2,1H3,(H,21,24,25). The van der Waals surface area contributed by atoms with Gasteiger partial charge in [0.15, 0.2) is 0 Å². The second-order valence-electron chi connectivity index (χ2n) is 5.86. The Balaban J connectivity index is 1.87. The fourth-order valence-corrected chi connectivity index (χ4v) is 2.63. The van der Waals surface area contributed by atoms with Crippen molar-refractivity contribution in [2.45, 2.75) is 26.1 Å². The first kappa shape index (κ1) is 16.6. The minimum atomic E-state index is -0.531. The summed E-state index contributed by atoms with van der Waals surface area (Å²) in [5, 5.41) is 7.22. The molecule has 1 atom stereocenters. The van der Waals surface area contributed by atoms with Crippen LogP contribution in [0.4, 0.5) is 11.5 Å². The molecule has 0 saturated carbocycles. The maximum absolute atomic E-state index is 12.2. The Hall–Kier alpha value is -3.29. The van der Waals surface area contributed by atoms with Crippen LogP contribution in [-0.2, 0) is 13.1 Å². The molecule has 0 saturated heterocycles. The van der Waals surface area contributed by atoms with Crippen molar-refractivity contribution in [2.24, 2.45) is 0 Å². The number of aromatic amines is 1. The normalized spacial score (nSPS) is 12.0. The minimum absolute atomic E-state index is 0.106. The van der Waals surface area contributed by atoms with Crippen molar-refractivity contribution >= 4 is 11.5 Å². The van der Waals surface area contributed by atoms with Crippen molar-refractivity contribution in [1.82, 2.24) is 19.3 Å². The number of anilines is 2. The molecule has 1 unspecified atom stereocenters. The van der Waals surface area contributed by atoms with Gasteiger partial charge in [-0.2, -0.15) is 5.10 Å². The van der Waals surface area contributed by atoms with E-state index in [0.717, 1.165) is 5.56 Å². The van der Waals surface area contributed by atoms with Crippen molar-refractivity contribution < 1.29 is 0 Å². The number of H-pyrrole nitrogens is 1. The van der Waals surface area contributed by atoms with E-state index in [-0.39, 0.29) is 24.1 Å². The van der Waals surface area contributed by atoms with Crippen molar-refractivity contribution in [1.29, 1.82) is 0 Å². The number of nitrogen functional groups attached to an aromatic ring is 1. The van der Waals surface area contributed by atoms with Gasteiger partial charge < -0.3 is 11.1 Å². The van der Waals surface area contributed by atoms with Crippen LogP contribution in [0.2, 0.25) is 0 Å². The van der Waals surface area contributed by atoms with Gasteiger partial charge in [0.05, 0.1) is 13.1 Å². The number of hydrogen-bond acceptors (Lipinski definition) is 5. The third-order valence-corrected chi connectivity index (χ3v) is 3.83. The second kappa shape index (κ2) is 7.08. The summed E-state index contributed by atoms with van der Waals surface area (Å²) in [6.07, 6.45) is 3.52. The van der Waals surface area contributed by atoms with Crippen molar-refractivity contribution in [3.8, 4) is 0 Å². The van der Waals surface area contributed by atoms with Crippen molar-refractivity contribution in [2.75, 3.05) is 11.1 Å². The van der Waals surface area contributed by atoms with E-state index in [2.05, 4.69) is 15.4 Å². The van der Waals surface area contributed by atoms with Crippen molar-refractivity contribution in [3.63, 3.8) is 0 Å². The molecule has 4 N–H and O–H groups in total. The number of hydrogen-bond donors (Lipinski definition) is 3. The van der Waals surface area contributed by atoms with Crippen LogP contribution in [0.25, 0.3) is 0 Å². The summed E-state index contributed by atoms with van der Waals surface area (Å²) in [6.45, 7) is 2.75. The Morgan fingerprint density at radius 2 is 2.00 bits per heavy atom. The Morgan fingerprint density at radius 1 is 1.24 bits per heavy atom. The maximum Gasteiger partial charge on any atom is 0.330 e. The molecule has 8 nitrogen and oxygen atoms in total. The van der Waals surface area contributed by atoms with Crippen LogP contribution in [0.5, 0.6) is 0 Å². The lowest BCUT2D eigenvalue weighted by Crippen LogP contribution is -2.36. The summed E-state index contributed by atoms with van der Waals surface area (Å²) in [4.78, 5) is 26.6. The Bertz CT molecular complexity index is 944. The van der Waals surface area contributed by atoms with Gasteiger partial charge >= 0.3 is 5.69 Å². The first-order valence-electron chi connectivity index (χ1n) is 7.95. The number of nitrogens with one attached hydrogen (secondary N) is 2. The Labute approximate surface area is 143 Å². The summed E-state index contributed by atoms with van der Waals surface area (Å²) < 4.78 is 3.10. The van der Waals surface area contributed by atoms with Gasteiger partial charge in [-0.25, -0.2) is 4.79 Å². The van der Waals surface area contributed by atoms with E-state index in [4.69, 9.17) is 5.73 Å². The van der Waals surface area contributed by atoms with Crippen LogP contribution in [-0.4, -0.2) is 25.4 Å². The number of aromatic nitrogens is 4. The molecular weight excluding hydrogens is 320 g/mol. The fraction of sp³-hybridized carbons (Fsp3) is 0.235. The number of rotatable bonds is 6. The highest BCUT2D eigenvalue weighted by molar-refractivity contribution is 5.61. The molecule has 0 spiro atoms. The van der Waals surface area contributed by atoms with Crippen LogP contribution in [0.1, 0.15) is 12.5 Å². The quantitative estimate of drug-likeness (QED) is 0.616. The molecule has 25 heavy (non-hydrogen) atoms. The zero-order valence-electron chi connectivity index (χ0n) is 13.8. The average Bonchev–Trinajstić information content (AvgIpc) is 3.09. The molecule has 0 aliphatic carbocycles. The predicted octanol–water partition coefficient (Wildman–Crippen LogP) is 0.864. The lowest BCUT2D eigenvalue weighted by molar-refractivity contribution is 0.559. The van der Waals surface area contributed by atoms with E-state index in [1.807, 2.05) is 49.5 Å². The van der Waals surface area contributed by atoms with E-state index < -0.39 is 11.2 Å². The van der Waals surface area contributed by atoms with Crippen LogP contribution >= 0.6 is 0 Å². The first-order chi connectivity index (χ1) is 12.0. The summed E-state index contributed by atoms with van der Waals surface area (Å²) in [5.41, 5.74) is 6.16. The largest absolute Gasteiger partial charge is 0.383 e. The molecule has 8 heteroatoms. The molecule has 2 aromatic heterocycles. The molecule has 3 rings (SSSR count). The second-order valence-corrected chi connectivity index (χ2v) is 5.86. The fourth-order valence-electron chi connectivity index (χ4n) is 2.63. The predicted molar refractivity (Wildman–Crippen MR) is 96.6 cm³/mol. The number of benzene rings is 1. The SMILES string of the molecule is CC(Cn1cccn1)Nc1c(N)n(Cc2ccccc2)c(=O)[nH]c1=O. The third-order valence-electron chi connectivity index (χ3n) is 3.83. The van der Waals surface area contributed by atoms with Gasteiger partial charge in [0.2, 0.25) is 0 Å². The van der Waals surface area contributed by atoms with Gasteiger partial charge in [-0.3, -0.25) is 19.0 Å². The van der Waals surface area contributed by atoms with E-state index in [1.165, 1.54) is 4.57 Å². The van der Waals surface area contributed by atoms with Gasteiger partial charge in [0.1, 0.15) is 11.5 Å². The highest BCUT2D eigenvalue weighted by Gasteiger charge is 2.15. The Morgan fingerprint density at radius 3 is 2.68 bits per heavy atom. The van der Waals surface area contributed by atoms with E-state index >= 15 is 0 Å². The minimum Gasteiger partial charge on any atom is -0.383 e. The van der Waals surface area contributed by atoms with E-state index in [0.29, 0.717) is 6.54 Å². The van der Waals surface area contributed by atoms with Crippen LogP contribution < -0.4 is 22.3 Å². The Kier molecular flexibility index (Phi) is 4.69. The summed E-state index contributed by atoms with van der Waals surface area (Å²) in [5.74, 6) is 0.116. The highest BCUT2D eigenvalue weighted by atomic mass is 16.2. The van der Waals surface area contributed by atoms with Gasteiger partial charge in [0.25, 0.3) is 5.56 Å². The van der Waals surface area contributed by atoms with E-state index in [9.17, 15) is 9.59 Å². The molecular formula is C17H20N6O2. The lowest BCUT2D eigenvalue weighted by Gasteiger charge is -2.18. The molecule has 130 valence electrons. The molecule has 0 bridgehead atoms. The maximum atomic E-state index is 12.2. The molecule has 2 heterocycles. The number of nitrogens with zero attached hydrogens (tertiary/aromatic N) is 3. The van der Waals surface area contributed by atoms with Crippen LogP contribution in [0.3, 0.4) is 0 Å². The molecule has 0 aliphatic rings. The first-order valence-corrected chi connectivity index (χ1v) is 7.95. The molecule has 3 aromatic rings. The summed E-state index contributed by atoms with van der Waals surface area (Å²) in [6, 6.07) is 11.2.